The van der Waals surface area contributed by atoms with E-state index in [9.17, 15) is 9.59 Å². The molecule has 47 heavy (non-hydrogen) atoms. The predicted octanol–water partition coefficient (Wildman–Crippen LogP) is 12.0. The minimum absolute atomic E-state index is 0. The topological polar surface area (TPSA) is 88.3 Å². The Morgan fingerprint density at radius 2 is 0.851 bits per heavy atom. The molecule has 0 atom stereocenters. The van der Waals surface area contributed by atoms with E-state index in [1.165, 1.54) is 26.9 Å². The number of aliphatic imine (C=N–C) groups is 2. The summed E-state index contributed by atoms with van der Waals surface area (Å²) in [6.07, 6.45) is 2.50. The molecule has 0 spiro atoms. The van der Waals surface area contributed by atoms with Gasteiger partial charge in [-0.3, -0.25) is 0 Å². The first kappa shape index (κ1) is 57.0. The molecule has 0 radical (unpaired) electrons. The molecule has 0 aliphatic heterocycles. The van der Waals surface area contributed by atoms with Gasteiger partial charge < -0.3 is 24.7 Å². The normalized spacial score (nSPS) is 10.4. The van der Waals surface area contributed by atoms with Gasteiger partial charge in [-0.25, -0.2) is 19.6 Å². The number of methoxy groups -OCH3 is 1. The Morgan fingerprint density at radius 3 is 1.04 bits per heavy atom. The van der Waals surface area contributed by atoms with Crippen LogP contribution in [0, 0.1) is 14.9 Å². The van der Waals surface area contributed by atoms with Gasteiger partial charge in [0, 0.05) is 33.0 Å². The Kier molecular flexibility index (Phi) is 37.6. The fraction of sp³-hybridized carbons (Fsp3) is 0.538. The molecule has 2 aromatic rings. The molecular formula is C39H66N2Ni2O4-2. The number of carbonyl (C=O) groups excluding carboxylic acids is 1. The van der Waals surface area contributed by atoms with E-state index in [4.69, 9.17) is 9.84 Å². The van der Waals surface area contributed by atoms with Crippen LogP contribution in [0.3, 0.4) is 0 Å². The second-order valence-corrected chi connectivity index (χ2v) is 11.8. The van der Waals surface area contributed by atoms with E-state index < -0.39 is 5.97 Å². The second kappa shape index (κ2) is 31.0. The molecule has 0 aliphatic carbocycles. The van der Waals surface area contributed by atoms with Gasteiger partial charge >= 0.3 is 11.9 Å². The number of carbonyl (C=O) groups is 2. The van der Waals surface area contributed by atoms with Crippen LogP contribution in [0.2, 0.25) is 0 Å². The molecule has 0 heterocycles. The van der Waals surface area contributed by atoms with E-state index in [2.05, 4.69) is 111 Å². The Hall–Kier alpha value is -2.29. The van der Waals surface area contributed by atoms with Gasteiger partial charge in [0.15, 0.2) is 0 Å². The molecule has 0 aromatic heterocycles. The number of esters is 1. The van der Waals surface area contributed by atoms with Crippen LogP contribution < -0.4 is 0 Å². The number of hydrogen-bond acceptors (Lipinski definition) is 5. The molecule has 0 amide bonds. The quantitative estimate of drug-likeness (QED) is 0.126. The summed E-state index contributed by atoms with van der Waals surface area (Å²) in [5, 5.41) is 8.97. The van der Waals surface area contributed by atoms with Crippen molar-refractivity contribution in [3.05, 3.63) is 73.5 Å². The third-order valence-electron chi connectivity index (χ3n) is 6.03. The fourth-order valence-electron chi connectivity index (χ4n) is 3.86. The average Bonchev–Trinajstić information content (AvgIpc) is 2.93. The van der Waals surface area contributed by atoms with Crippen molar-refractivity contribution in [2.45, 2.75) is 133 Å². The maximum absolute atomic E-state index is 11.5. The van der Waals surface area contributed by atoms with E-state index in [0.29, 0.717) is 29.4 Å². The summed E-state index contributed by atoms with van der Waals surface area (Å²) in [5.41, 5.74) is 6.77. The van der Waals surface area contributed by atoms with Crippen LogP contribution in [0.4, 0.5) is 11.4 Å². The first-order chi connectivity index (χ1) is 20.0. The Labute approximate surface area is 309 Å². The molecule has 0 saturated carbocycles. The van der Waals surface area contributed by atoms with Gasteiger partial charge in [0.25, 0.3) is 0 Å². The van der Waals surface area contributed by atoms with Gasteiger partial charge in [-0.2, -0.15) is 0 Å². The molecule has 2 aromatic carbocycles. The van der Waals surface area contributed by atoms with Gasteiger partial charge in [0.05, 0.1) is 18.5 Å². The first-order valence-electron chi connectivity index (χ1n) is 15.7. The molecule has 0 saturated heterocycles. The monoisotopic (exact) mass is 742 g/mol. The van der Waals surface area contributed by atoms with Gasteiger partial charge in [0.2, 0.25) is 0 Å². The van der Waals surface area contributed by atoms with E-state index in [1.807, 2.05) is 18.2 Å². The zero-order valence-electron chi connectivity index (χ0n) is 32.4. The van der Waals surface area contributed by atoms with Crippen molar-refractivity contribution >= 4 is 34.7 Å². The van der Waals surface area contributed by atoms with E-state index >= 15 is 0 Å². The smallest absolute Gasteiger partial charge is 0.352 e. The van der Waals surface area contributed by atoms with Crippen LogP contribution >= 0.6 is 0 Å². The fourth-order valence-corrected chi connectivity index (χ4v) is 3.86. The summed E-state index contributed by atoms with van der Waals surface area (Å²) in [6, 6.07) is 12.2. The number of ether oxygens (including phenoxy) is 1. The number of nitrogens with zero attached hydrogens (tertiary/aromatic N) is 2. The van der Waals surface area contributed by atoms with E-state index in [1.54, 1.807) is 6.92 Å². The van der Waals surface area contributed by atoms with Gasteiger partial charge in [0.1, 0.15) is 11.4 Å². The van der Waals surface area contributed by atoms with Crippen LogP contribution in [0.15, 0.2) is 46.4 Å². The molecule has 0 aliphatic rings. The minimum Gasteiger partial charge on any atom is -0.477 e. The first-order valence-corrected chi connectivity index (χ1v) is 15.7. The molecule has 8 heteroatoms. The van der Waals surface area contributed by atoms with Crippen molar-refractivity contribution < 1.29 is 52.4 Å². The van der Waals surface area contributed by atoms with Crippen LogP contribution in [0.5, 0.6) is 0 Å². The van der Waals surface area contributed by atoms with Crippen molar-refractivity contribution in [1.82, 2.24) is 0 Å². The van der Waals surface area contributed by atoms with Gasteiger partial charge in [-0.15, -0.1) is 0 Å². The number of carboxylic acids is 1. The molecule has 2 rings (SSSR count). The number of aliphatic carboxylic acids is 1. The van der Waals surface area contributed by atoms with Crippen LogP contribution in [-0.2, 0) is 47.3 Å². The van der Waals surface area contributed by atoms with Gasteiger partial charge in [-0.1, -0.05) is 132 Å². The Bertz CT molecular complexity index is 1130. The molecule has 0 bridgehead atoms. The van der Waals surface area contributed by atoms with Crippen molar-refractivity contribution in [2.24, 2.45) is 9.98 Å². The third-order valence-corrected chi connectivity index (χ3v) is 6.03. The largest absolute Gasteiger partial charge is 0.477 e. The van der Waals surface area contributed by atoms with Gasteiger partial charge in [-0.05, 0) is 59.8 Å². The summed E-state index contributed by atoms with van der Waals surface area (Å²) < 4.78 is 4.72. The number of carboxylic acid groups (broad SMARTS) is 1. The average molecular weight is 744 g/mol. The number of hydrogen-bond donors (Lipinski definition) is 1. The van der Waals surface area contributed by atoms with Crippen molar-refractivity contribution in [3.8, 4) is 0 Å². The third kappa shape index (κ3) is 21.3. The SMILES string of the molecule is CC(=Nc1c(C(C)C)cccc1C(C)C)C(=O)O.CCC.CCC.COC(=O)C(C)=Nc1c(C(C)C)cccc1C(C)C.[CH3-].[CH3-].[Ni].[Ni]. The summed E-state index contributed by atoms with van der Waals surface area (Å²) >= 11 is 0. The van der Waals surface area contributed by atoms with Crippen LogP contribution in [0.25, 0.3) is 0 Å². The summed E-state index contributed by atoms with van der Waals surface area (Å²) in [5.74, 6) is 0.0235. The number of para-hydroxylation sites is 2. The maximum atomic E-state index is 11.5. The minimum atomic E-state index is -0.969. The zero-order chi connectivity index (χ0) is 33.9. The zero-order valence-corrected chi connectivity index (χ0v) is 34.4. The summed E-state index contributed by atoms with van der Waals surface area (Å²) in [6.45, 7) is 28.6. The standard InChI is InChI=1S/C16H23NO2.C15H21NO2.2C3H8.2CH3.2Ni/c1-10(2)13-8-7-9-14(11(3)4)15(13)17-12(5)16(18)19-6;1-9(2)12-7-6-8-13(10(3)4)14(12)16-11(5)15(17)18;2*1-3-2;;;;/h7-11H,1-6H3;6-10H,1-5H3,(H,17,18);2*3H2,1-2H3;2*1H3;;/q;;;;2*-1;;. The molecule has 278 valence electrons. The molecule has 6 nitrogen and oxygen atoms in total. The van der Waals surface area contributed by atoms with E-state index in [-0.39, 0.29) is 59.5 Å². The van der Waals surface area contributed by atoms with Crippen molar-refractivity contribution in [1.29, 1.82) is 0 Å². The predicted molar refractivity (Wildman–Crippen MR) is 199 cm³/mol. The van der Waals surface area contributed by atoms with Crippen molar-refractivity contribution in [3.63, 3.8) is 0 Å². The van der Waals surface area contributed by atoms with Crippen LogP contribution in [-0.4, -0.2) is 35.6 Å². The van der Waals surface area contributed by atoms with Crippen molar-refractivity contribution in [2.75, 3.05) is 7.11 Å². The summed E-state index contributed by atoms with van der Waals surface area (Å²) in [4.78, 5) is 31.3. The molecule has 0 unspecified atom stereocenters. The van der Waals surface area contributed by atoms with Crippen LogP contribution in [0.1, 0.15) is 156 Å². The maximum Gasteiger partial charge on any atom is 0.352 e. The molecular weight excluding hydrogens is 678 g/mol. The van der Waals surface area contributed by atoms with E-state index in [0.717, 1.165) is 33.6 Å². The number of benzene rings is 2. The second-order valence-electron chi connectivity index (χ2n) is 11.8. The Balaban J connectivity index is -0.000000142. The number of rotatable bonds is 8. The Morgan fingerprint density at radius 1 is 0.617 bits per heavy atom. The molecule has 0 fully saturated rings. The molecule has 1 N–H and O–H groups in total. The summed E-state index contributed by atoms with van der Waals surface area (Å²) in [7, 11) is 1.37.